The predicted octanol–water partition coefficient (Wildman–Crippen LogP) is 2.32. The molecular formula is C11H16F3N3O. The summed E-state index contributed by atoms with van der Waals surface area (Å²) >= 11 is 0. The molecule has 0 fully saturated rings. The van der Waals surface area contributed by atoms with Gasteiger partial charge in [-0.3, -0.25) is 0 Å². The number of alkyl halides is 3. The molecule has 0 aromatic carbocycles. The molecule has 18 heavy (non-hydrogen) atoms. The van der Waals surface area contributed by atoms with Crippen molar-refractivity contribution in [1.29, 1.82) is 0 Å². The number of aliphatic hydroxyl groups is 1. The van der Waals surface area contributed by atoms with Crippen LogP contribution in [0.1, 0.15) is 19.4 Å². The first-order valence-electron chi connectivity index (χ1n) is 5.58. The van der Waals surface area contributed by atoms with Gasteiger partial charge in [-0.1, -0.05) is 0 Å². The van der Waals surface area contributed by atoms with Crippen LogP contribution in [0.4, 0.5) is 24.8 Å². The molecule has 1 unspecified atom stereocenters. The minimum absolute atomic E-state index is 0.0849. The quantitative estimate of drug-likeness (QED) is 0.763. The molecular weight excluding hydrogens is 247 g/mol. The van der Waals surface area contributed by atoms with Crippen LogP contribution in [-0.2, 0) is 6.18 Å². The van der Waals surface area contributed by atoms with E-state index in [2.05, 4.69) is 15.6 Å². The number of aliphatic hydroxyl groups excluding tert-OH is 1. The second-order valence-corrected chi connectivity index (χ2v) is 3.88. The fourth-order valence-corrected chi connectivity index (χ4v) is 1.31. The van der Waals surface area contributed by atoms with Crippen molar-refractivity contribution in [3.05, 3.63) is 17.7 Å². The van der Waals surface area contributed by atoms with Crippen LogP contribution >= 0.6 is 0 Å². The van der Waals surface area contributed by atoms with E-state index in [0.29, 0.717) is 6.54 Å². The van der Waals surface area contributed by atoms with Gasteiger partial charge in [0.1, 0.15) is 11.6 Å². The zero-order chi connectivity index (χ0) is 13.8. The second-order valence-electron chi connectivity index (χ2n) is 3.88. The maximum Gasteiger partial charge on any atom is 0.416 e. The maximum absolute atomic E-state index is 12.7. The van der Waals surface area contributed by atoms with Crippen molar-refractivity contribution >= 4 is 11.6 Å². The third-order valence-corrected chi connectivity index (χ3v) is 2.09. The third kappa shape index (κ3) is 4.40. The van der Waals surface area contributed by atoms with Gasteiger partial charge in [-0.05, 0) is 26.0 Å². The molecule has 1 aromatic heterocycles. The molecule has 1 rings (SSSR count). The van der Waals surface area contributed by atoms with E-state index < -0.39 is 17.8 Å². The normalized spacial score (nSPS) is 13.2. The third-order valence-electron chi connectivity index (χ3n) is 2.09. The minimum atomic E-state index is -4.42. The van der Waals surface area contributed by atoms with Crippen molar-refractivity contribution < 1.29 is 18.3 Å². The van der Waals surface area contributed by atoms with Gasteiger partial charge in [-0.2, -0.15) is 13.2 Å². The van der Waals surface area contributed by atoms with Crippen LogP contribution in [0, 0.1) is 0 Å². The Balaban J connectivity index is 2.98. The van der Waals surface area contributed by atoms with E-state index in [-0.39, 0.29) is 18.2 Å². The standard InChI is InChI=1S/C11H16F3N3O/c1-3-15-9-4-8(11(12,13)14)5-10(17-9)16-6-7(2)18/h4-5,7,18H,3,6H2,1-2H3,(H2,15,16,17). The number of hydrogen-bond acceptors (Lipinski definition) is 4. The Hall–Kier alpha value is -1.50. The summed E-state index contributed by atoms with van der Waals surface area (Å²) in [6.07, 6.45) is -5.09. The van der Waals surface area contributed by atoms with Gasteiger partial charge in [-0.15, -0.1) is 0 Å². The summed E-state index contributed by atoms with van der Waals surface area (Å²) in [7, 11) is 0. The van der Waals surface area contributed by atoms with Crippen LogP contribution < -0.4 is 10.6 Å². The fraction of sp³-hybridized carbons (Fsp3) is 0.545. The highest BCUT2D eigenvalue weighted by molar-refractivity contribution is 5.49. The van der Waals surface area contributed by atoms with Gasteiger partial charge in [0, 0.05) is 13.1 Å². The summed E-state index contributed by atoms with van der Waals surface area (Å²) in [5, 5.41) is 14.5. The van der Waals surface area contributed by atoms with Crippen molar-refractivity contribution in [3.8, 4) is 0 Å². The molecule has 0 aliphatic carbocycles. The zero-order valence-electron chi connectivity index (χ0n) is 10.2. The Morgan fingerprint density at radius 3 is 2.28 bits per heavy atom. The number of nitrogens with one attached hydrogen (secondary N) is 2. The monoisotopic (exact) mass is 263 g/mol. The van der Waals surface area contributed by atoms with E-state index in [9.17, 15) is 13.2 Å². The van der Waals surface area contributed by atoms with E-state index in [1.165, 1.54) is 6.92 Å². The van der Waals surface area contributed by atoms with Crippen molar-refractivity contribution in [2.24, 2.45) is 0 Å². The van der Waals surface area contributed by atoms with Crippen molar-refractivity contribution in [3.63, 3.8) is 0 Å². The first kappa shape index (κ1) is 14.6. The molecule has 4 nitrogen and oxygen atoms in total. The number of pyridine rings is 1. The SMILES string of the molecule is CCNc1cc(C(F)(F)F)cc(NCC(C)O)n1. The van der Waals surface area contributed by atoms with Gasteiger partial charge in [0.2, 0.25) is 0 Å². The average Bonchev–Trinajstić information content (AvgIpc) is 2.25. The largest absolute Gasteiger partial charge is 0.416 e. The lowest BCUT2D eigenvalue weighted by molar-refractivity contribution is -0.137. The van der Waals surface area contributed by atoms with Gasteiger partial charge in [-0.25, -0.2) is 4.98 Å². The van der Waals surface area contributed by atoms with E-state index in [4.69, 9.17) is 5.11 Å². The van der Waals surface area contributed by atoms with Gasteiger partial charge in [0.05, 0.1) is 11.7 Å². The van der Waals surface area contributed by atoms with Crippen molar-refractivity contribution in [1.82, 2.24) is 4.98 Å². The molecule has 0 spiro atoms. The Kier molecular flexibility index (Phi) is 4.77. The first-order chi connectivity index (χ1) is 8.32. The van der Waals surface area contributed by atoms with E-state index in [1.807, 2.05) is 0 Å². The maximum atomic E-state index is 12.7. The summed E-state index contributed by atoms with van der Waals surface area (Å²) < 4.78 is 38.0. The minimum Gasteiger partial charge on any atom is -0.392 e. The zero-order valence-corrected chi connectivity index (χ0v) is 10.2. The molecule has 3 N–H and O–H groups in total. The molecule has 0 bridgehead atoms. The fourth-order valence-electron chi connectivity index (χ4n) is 1.31. The Bertz CT molecular complexity index is 394. The van der Waals surface area contributed by atoms with Crippen LogP contribution in [0.5, 0.6) is 0 Å². The second kappa shape index (κ2) is 5.90. The van der Waals surface area contributed by atoms with Crippen molar-refractivity contribution in [2.45, 2.75) is 26.1 Å². The summed E-state index contributed by atoms with van der Waals surface area (Å²) in [6.45, 7) is 3.92. The van der Waals surface area contributed by atoms with Crippen LogP contribution in [0.3, 0.4) is 0 Å². The van der Waals surface area contributed by atoms with Gasteiger partial charge < -0.3 is 15.7 Å². The van der Waals surface area contributed by atoms with E-state index >= 15 is 0 Å². The lowest BCUT2D eigenvalue weighted by Crippen LogP contribution is -2.17. The molecule has 102 valence electrons. The summed E-state index contributed by atoms with van der Waals surface area (Å²) in [6, 6.07) is 1.88. The van der Waals surface area contributed by atoms with Gasteiger partial charge in [0.25, 0.3) is 0 Å². The molecule has 0 radical (unpaired) electrons. The molecule has 7 heteroatoms. The molecule has 0 aliphatic heterocycles. The molecule has 0 amide bonds. The number of aromatic nitrogens is 1. The van der Waals surface area contributed by atoms with Gasteiger partial charge >= 0.3 is 6.18 Å². The number of halogens is 3. The molecule has 0 aliphatic rings. The Morgan fingerprint density at radius 1 is 1.28 bits per heavy atom. The lowest BCUT2D eigenvalue weighted by Gasteiger charge is -2.13. The van der Waals surface area contributed by atoms with Crippen LogP contribution in [-0.4, -0.2) is 29.3 Å². The van der Waals surface area contributed by atoms with E-state index in [0.717, 1.165) is 12.1 Å². The average molecular weight is 263 g/mol. The molecule has 1 heterocycles. The highest BCUT2D eigenvalue weighted by Gasteiger charge is 2.31. The highest BCUT2D eigenvalue weighted by Crippen LogP contribution is 2.31. The van der Waals surface area contributed by atoms with E-state index in [1.54, 1.807) is 6.92 Å². The van der Waals surface area contributed by atoms with Crippen molar-refractivity contribution in [2.75, 3.05) is 23.7 Å². The topological polar surface area (TPSA) is 57.2 Å². The van der Waals surface area contributed by atoms with Crippen LogP contribution in [0.25, 0.3) is 0 Å². The smallest absolute Gasteiger partial charge is 0.392 e. The highest BCUT2D eigenvalue weighted by atomic mass is 19.4. The summed E-state index contributed by atoms with van der Waals surface area (Å²) in [5.74, 6) is 0.238. The van der Waals surface area contributed by atoms with Crippen LogP contribution in [0.15, 0.2) is 12.1 Å². The molecule has 1 aromatic rings. The summed E-state index contributed by atoms with van der Waals surface area (Å²) in [4.78, 5) is 3.98. The lowest BCUT2D eigenvalue weighted by atomic mass is 10.2. The number of rotatable bonds is 5. The predicted molar refractivity (Wildman–Crippen MR) is 63.6 cm³/mol. The molecule has 0 saturated carbocycles. The van der Waals surface area contributed by atoms with Gasteiger partial charge in [0.15, 0.2) is 0 Å². The molecule has 1 atom stereocenters. The Morgan fingerprint density at radius 2 is 1.83 bits per heavy atom. The Labute approximate surface area is 103 Å². The first-order valence-corrected chi connectivity index (χ1v) is 5.58. The summed E-state index contributed by atoms with van der Waals surface area (Å²) in [5.41, 5.74) is -0.776. The van der Waals surface area contributed by atoms with Crippen LogP contribution in [0.2, 0.25) is 0 Å². The number of nitrogens with zero attached hydrogens (tertiary/aromatic N) is 1. The molecule has 0 saturated heterocycles. The number of hydrogen-bond donors (Lipinski definition) is 3. The number of anilines is 2.